The molecule has 0 bridgehead atoms. The Hall–Kier alpha value is -0.220. The SMILES string of the molecule is CSCC(C)N(C)CCCCC(=N)N. The van der Waals surface area contributed by atoms with E-state index in [0.29, 0.717) is 11.9 Å². The van der Waals surface area contributed by atoms with Gasteiger partial charge in [-0.2, -0.15) is 11.8 Å². The summed E-state index contributed by atoms with van der Waals surface area (Å²) in [5.41, 5.74) is 5.28. The van der Waals surface area contributed by atoms with Crippen molar-refractivity contribution in [1.82, 2.24) is 4.90 Å². The molecule has 4 heteroatoms. The monoisotopic (exact) mass is 217 g/mol. The van der Waals surface area contributed by atoms with Gasteiger partial charge in [0.1, 0.15) is 0 Å². The summed E-state index contributed by atoms with van der Waals surface area (Å²) < 4.78 is 0. The lowest BCUT2D eigenvalue weighted by Gasteiger charge is -2.23. The van der Waals surface area contributed by atoms with Crippen molar-refractivity contribution < 1.29 is 0 Å². The second kappa shape index (κ2) is 8.12. The highest BCUT2D eigenvalue weighted by Gasteiger charge is 2.07. The van der Waals surface area contributed by atoms with Gasteiger partial charge in [-0.25, -0.2) is 0 Å². The van der Waals surface area contributed by atoms with Crippen molar-refractivity contribution in [2.75, 3.05) is 25.6 Å². The molecule has 0 amide bonds. The van der Waals surface area contributed by atoms with Crippen LogP contribution in [0.15, 0.2) is 0 Å². The summed E-state index contributed by atoms with van der Waals surface area (Å²) >= 11 is 1.89. The highest BCUT2D eigenvalue weighted by atomic mass is 32.2. The summed E-state index contributed by atoms with van der Waals surface area (Å²) in [5.74, 6) is 1.49. The maximum absolute atomic E-state index is 7.09. The van der Waals surface area contributed by atoms with E-state index < -0.39 is 0 Å². The number of unbranched alkanes of at least 4 members (excludes halogenated alkanes) is 1. The molecule has 0 heterocycles. The number of thioether (sulfide) groups is 1. The minimum Gasteiger partial charge on any atom is -0.388 e. The Kier molecular flexibility index (Phi) is 7.99. The van der Waals surface area contributed by atoms with E-state index in [9.17, 15) is 0 Å². The molecule has 0 aromatic rings. The summed E-state index contributed by atoms with van der Waals surface area (Å²) in [6.45, 7) is 3.36. The number of rotatable bonds is 8. The molecule has 0 saturated carbocycles. The molecule has 0 aromatic carbocycles. The fourth-order valence-corrected chi connectivity index (χ4v) is 2.00. The van der Waals surface area contributed by atoms with Crippen molar-refractivity contribution >= 4 is 17.6 Å². The van der Waals surface area contributed by atoms with Gasteiger partial charge in [-0.15, -0.1) is 0 Å². The van der Waals surface area contributed by atoms with Crippen LogP contribution in [0.5, 0.6) is 0 Å². The summed E-state index contributed by atoms with van der Waals surface area (Å²) in [6, 6.07) is 0.641. The Labute approximate surface area is 91.9 Å². The number of hydrogen-bond acceptors (Lipinski definition) is 3. The largest absolute Gasteiger partial charge is 0.388 e. The van der Waals surface area contributed by atoms with Crippen molar-refractivity contribution in [1.29, 1.82) is 5.41 Å². The van der Waals surface area contributed by atoms with Gasteiger partial charge in [0.15, 0.2) is 0 Å². The molecule has 0 spiro atoms. The smallest absolute Gasteiger partial charge is 0.0905 e. The zero-order valence-electron chi connectivity index (χ0n) is 9.55. The minimum atomic E-state index is 0.310. The van der Waals surface area contributed by atoms with E-state index in [0.717, 1.165) is 25.8 Å². The van der Waals surface area contributed by atoms with Gasteiger partial charge in [0.2, 0.25) is 0 Å². The Bertz CT molecular complexity index is 161. The van der Waals surface area contributed by atoms with E-state index in [2.05, 4.69) is 25.1 Å². The summed E-state index contributed by atoms with van der Waals surface area (Å²) in [7, 11) is 2.16. The lowest BCUT2D eigenvalue weighted by Crippen LogP contribution is -2.31. The molecule has 84 valence electrons. The van der Waals surface area contributed by atoms with Gasteiger partial charge in [-0.05, 0) is 39.6 Å². The van der Waals surface area contributed by atoms with Crippen LogP contribution in [-0.4, -0.2) is 42.4 Å². The maximum Gasteiger partial charge on any atom is 0.0905 e. The molecule has 0 saturated heterocycles. The van der Waals surface area contributed by atoms with Gasteiger partial charge in [-0.1, -0.05) is 0 Å². The maximum atomic E-state index is 7.09. The molecule has 0 radical (unpaired) electrons. The predicted molar refractivity (Wildman–Crippen MR) is 66.2 cm³/mol. The van der Waals surface area contributed by atoms with Gasteiger partial charge >= 0.3 is 0 Å². The Morgan fingerprint density at radius 2 is 2.14 bits per heavy atom. The predicted octanol–water partition coefficient (Wildman–Crippen LogP) is 1.78. The fraction of sp³-hybridized carbons (Fsp3) is 0.900. The first-order valence-electron chi connectivity index (χ1n) is 5.10. The first-order valence-corrected chi connectivity index (χ1v) is 6.49. The molecular formula is C10H23N3S. The van der Waals surface area contributed by atoms with Gasteiger partial charge in [0.05, 0.1) is 5.84 Å². The van der Waals surface area contributed by atoms with E-state index in [4.69, 9.17) is 11.1 Å². The van der Waals surface area contributed by atoms with Gasteiger partial charge in [0, 0.05) is 18.2 Å². The molecule has 3 N–H and O–H groups in total. The van der Waals surface area contributed by atoms with Gasteiger partial charge < -0.3 is 10.6 Å². The number of nitrogens with two attached hydrogens (primary N) is 1. The Balaban J connectivity index is 3.43. The van der Waals surface area contributed by atoms with Crippen LogP contribution in [0.3, 0.4) is 0 Å². The second-order valence-corrected chi connectivity index (χ2v) is 4.68. The molecule has 0 aliphatic carbocycles. The van der Waals surface area contributed by atoms with Gasteiger partial charge in [-0.3, -0.25) is 5.41 Å². The van der Waals surface area contributed by atoms with Crippen molar-refractivity contribution in [2.45, 2.75) is 32.2 Å². The second-order valence-electron chi connectivity index (χ2n) is 3.77. The molecule has 0 aliphatic heterocycles. The van der Waals surface area contributed by atoms with Crippen LogP contribution in [0.4, 0.5) is 0 Å². The fourth-order valence-electron chi connectivity index (χ4n) is 1.27. The van der Waals surface area contributed by atoms with Crippen LogP contribution < -0.4 is 5.73 Å². The minimum absolute atomic E-state index is 0.310. The number of nitrogens with one attached hydrogen (secondary N) is 1. The molecule has 0 aliphatic rings. The molecule has 0 rings (SSSR count). The van der Waals surface area contributed by atoms with E-state index in [1.165, 1.54) is 5.75 Å². The van der Waals surface area contributed by atoms with Crippen LogP contribution in [0.25, 0.3) is 0 Å². The molecule has 0 fully saturated rings. The topological polar surface area (TPSA) is 53.1 Å². The van der Waals surface area contributed by atoms with Crippen LogP contribution in [0, 0.1) is 5.41 Å². The number of nitrogens with zero attached hydrogens (tertiary/aromatic N) is 1. The van der Waals surface area contributed by atoms with Crippen LogP contribution in [-0.2, 0) is 0 Å². The molecule has 3 nitrogen and oxygen atoms in total. The van der Waals surface area contributed by atoms with E-state index in [1.807, 2.05) is 11.8 Å². The molecule has 0 aromatic heterocycles. The summed E-state index contributed by atoms with van der Waals surface area (Å²) in [4.78, 5) is 2.37. The normalized spacial score (nSPS) is 13.1. The first kappa shape index (κ1) is 13.8. The van der Waals surface area contributed by atoms with Crippen LogP contribution in [0.1, 0.15) is 26.2 Å². The third-order valence-electron chi connectivity index (χ3n) is 2.37. The van der Waals surface area contributed by atoms with Crippen molar-refractivity contribution in [2.24, 2.45) is 5.73 Å². The van der Waals surface area contributed by atoms with Gasteiger partial charge in [0.25, 0.3) is 0 Å². The van der Waals surface area contributed by atoms with E-state index >= 15 is 0 Å². The highest BCUT2D eigenvalue weighted by Crippen LogP contribution is 2.05. The lowest BCUT2D eigenvalue weighted by molar-refractivity contribution is 0.273. The van der Waals surface area contributed by atoms with E-state index in [-0.39, 0.29) is 0 Å². The zero-order valence-corrected chi connectivity index (χ0v) is 10.4. The molecule has 14 heavy (non-hydrogen) atoms. The molecule has 1 unspecified atom stereocenters. The highest BCUT2D eigenvalue weighted by molar-refractivity contribution is 7.98. The average Bonchev–Trinajstić information content (AvgIpc) is 2.12. The number of amidine groups is 1. The third kappa shape index (κ3) is 7.21. The summed E-state index contributed by atoms with van der Waals surface area (Å²) in [6.07, 6.45) is 5.05. The van der Waals surface area contributed by atoms with Crippen molar-refractivity contribution in [3.05, 3.63) is 0 Å². The van der Waals surface area contributed by atoms with Crippen molar-refractivity contribution in [3.63, 3.8) is 0 Å². The van der Waals surface area contributed by atoms with E-state index in [1.54, 1.807) is 0 Å². The quantitative estimate of drug-likeness (QED) is 0.370. The Morgan fingerprint density at radius 3 is 2.64 bits per heavy atom. The third-order valence-corrected chi connectivity index (χ3v) is 3.18. The molecular weight excluding hydrogens is 194 g/mol. The van der Waals surface area contributed by atoms with Crippen molar-refractivity contribution in [3.8, 4) is 0 Å². The molecule has 1 atom stereocenters. The zero-order chi connectivity index (χ0) is 11.0. The first-order chi connectivity index (χ1) is 6.57. The number of hydrogen-bond donors (Lipinski definition) is 2. The lowest BCUT2D eigenvalue weighted by atomic mass is 10.2. The Morgan fingerprint density at radius 1 is 1.50 bits per heavy atom. The standard InChI is InChI=1S/C10H23N3S/c1-9(8-14-3)13(2)7-5-4-6-10(11)12/h9H,4-8H2,1-3H3,(H3,11,12). The van der Waals surface area contributed by atoms with Crippen LogP contribution >= 0.6 is 11.8 Å². The van der Waals surface area contributed by atoms with Crippen LogP contribution in [0.2, 0.25) is 0 Å². The average molecular weight is 217 g/mol. The summed E-state index contributed by atoms with van der Waals surface area (Å²) in [5, 5.41) is 7.09.